The summed E-state index contributed by atoms with van der Waals surface area (Å²) in [5.41, 5.74) is 1.72. The summed E-state index contributed by atoms with van der Waals surface area (Å²) >= 11 is 0. The van der Waals surface area contributed by atoms with E-state index in [4.69, 9.17) is 0 Å². The van der Waals surface area contributed by atoms with Gasteiger partial charge in [-0.3, -0.25) is 9.59 Å². The maximum atomic E-state index is 13.1. The predicted molar refractivity (Wildman–Crippen MR) is 92.5 cm³/mol. The first-order valence-corrected chi connectivity index (χ1v) is 8.41. The number of nitrogens with zero attached hydrogens (tertiary/aromatic N) is 2. The molecule has 0 N–H and O–H groups in total. The molecule has 122 valence electrons. The van der Waals surface area contributed by atoms with Gasteiger partial charge >= 0.3 is 0 Å². The molecule has 1 aromatic rings. The molecule has 0 saturated carbocycles. The second-order valence-corrected chi connectivity index (χ2v) is 6.65. The van der Waals surface area contributed by atoms with E-state index < -0.39 is 0 Å². The monoisotopic (exact) mass is 312 g/mol. The van der Waals surface area contributed by atoms with Gasteiger partial charge < -0.3 is 9.80 Å². The summed E-state index contributed by atoms with van der Waals surface area (Å²) in [6.07, 6.45) is 6.98. The number of anilines is 2. The number of allylic oxidation sites excluding steroid dienone is 2. The number of carbonyl (C=O) groups excluding carboxylic acids is 2. The molecule has 2 aliphatic rings. The van der Waals surface area contributed by atoms with Crippen LogP contribution in [0.25, 0.3) is 0 Å². The van der Waals surface area contributed by atoms with Gasteiger partial charge in [-0.05, 0) is 37.3 Å². The number of carbonyl (C=O) groups is 2. The fraction of sp³-hybridized carbons (Fsp3) is 0.474. The number of rotatable bonds is 1. The Morgan fingerprint density at radius 2 is 1.70 bits per heavy atom. The predicted octanol–water partition coefficient (Wildman–Crippen LogP) is 3.38. The molecule has 2 atom stereocenters. The zero-order chi connectivity index (χ0) is 16.4. The molecule has 4 heteroatoms. The van der Waals surface area contributed by atoms with E-state index in [2.05, 4.69) is 19.1 Å². The van der Waals surface area contributed by atoms with E-state index in [1.807, 2.05) is 29.2 Å². The average molecular weight is 312 g/mol. The Morgan fingerprint density at radius 1 is 1.04 bits per heavy atom. The molecule has 0 fully saturated rings. The largest absolute Gasteiger partial charge is 0.310 e. The number of para-hydroxylation sites is 2. The Kier molecular flexibility index (Phi) is 4.51. The quantitative estimate of drug-likeness (QED) is 0.746. The summed E-state index contributed by atoms with van der Waals surface area (Å²) < 4.78 is 0. The van der Waals surface area contributed by atoms with Crippen LogP contribution in [0, 0.1) is 11.8 Å². The van der Waals surface area contributed by atoms with Crippen molar-refractivity contribution in [3.63, 3.8) is 0 Å². The topological polar surface area (TPSA) is 40.6 Å². The minimum Gasteiger partial charge on any atom is -0.310 e. The third-order valence-corrected chi connectivity index (χ3v) is 4.72. The van der Waals surface area contributed by atoms with Crippen molar-refractivity contribution in [3.8, 4) is 0 Å². The van der Waals surface area contributed by atoms with Gasteiger partial charge in [0.2, 0.25) is 11.8 Å². The molecule has 1 aliphatic heterocycles. The number of amides is 2. The van der Waals surface area contributed by atoms with E-state index in [9.17, 15) is 9.59 Å². The standard InChI is InChI=1S/C19H24N2O2/c1-14-12-20(15(2)22)17-10-6-7-11-18(17)21(13-14)19(23)16-8-4-3-5-9-16/h3-4,6-7,10-11,14,16H,5,8-9,12-13H2,1-2H3. The lowest BCUT2D eigenvalue weighted by Crippen LogP contribution is -2.39. The number of hydrogen-bond donors (Lipinski definition) is 0. The summed E-state index contributed by atoms with van der Waals surface area (Å²) in [5.74, 6) is 0.525. The molecular weight excluding hydrogens is 288 g/mol. The third-order valence-electron chi connectivity index (χ3n) is 4.72. The van der Waals surface area contributed by atoms with E-state index in [1.165, 1.54) is 0 Å². The van der Waals surface area contributed by atoms with Crippen molar-refractivity contribution >= 4 is 23.2 Å². The van der Waals surface area contributed by atoms with Crippen LogP contribution in [0.3, 0.4) is 0 Å². The van der Waals surface area contributed by atoms with Crippen LogP contribution in [0.1, 0.15) is 33.1 Å². The Bertz CT molecular complexity index is 638. The van der Waals surface area contributed by atoms with E-state index in [0.717, 1.165) is 30.6 Å². The zero-order valence-corrected chi connectivity index (χ0v) is 13.9. The maximum Gasteiger partial charge on any atom is 0.230 e. The first-order chi connectivity index (χ1) is 11.1. The van der Waals surface area contributed by atoms with Gasteiger partial charge in [-0.15, -0.1) is 0 Å². The third kappa shape index (κ3) is 3.16. The van der Waals surface area contributed by atoms with Crippen LogP contribution in [0.2, 0.25) is 0 Å². The van der Waals surface area contributed by atoms with Gasteiger partial charge in [0.1, 0.15) is 0 Å². The van der Waals surface area contributed by atoms with Crippen molar-refractivity contribution in [2.45, 2.75) is 33.1 Å². The molecule has 2 unspecified atom stereocenters. The summed E-state index contributed by atoms with van der Waals surface area (Å²) in [4.78, 5) is 28.8. The summed E-state index contributed by atoms with van der Waals surface area (Å²) in [5, 5.41) is 0. The molecular formula is C19H24N2O2. The molecule has 2 amide bonds. The number of fused-ring (bicyclic) bond motifs is 1. The van der Waals surface area contributed by atoms with Crippen LogP contribution < -0.4 is 9.80 Å². The van der Waals surface area contributed by atoms with Crippen LogP contribution >= 0.6 is 0 Å². The highest BCUT2D eigenvalue weighted by molar-refractivity contribution is 6.03. The Morgan fingerprint density at radius 3 is 2.30 bits per heavy atom. The molecule has 0 bridgehead atoms. The summed E-state index contributed by atoms with van der Waals surface area (Å²) in [6.45, 7) is 5.01. The lowest BCUT2D eigenvalue weighted by atomic mass is 9.92. The molecule has 0 radical (unpaired) electrons. The Labute approximate surface area is 137 Å². The van der Waals surface area contributed by atoms with Gasteiger partial charge in [-0.1, -0.05) is 31.2 Å². The lowest BCUT2D eigenvalue weighted by Gasteiger charge is -2.29. The molecule has 0 aromatic heterocycles. The van der Waals surface area contributed by atoms with Gasteiger partial charge in [0.25, 0.3) is 0 Å². The molecule has 1 aromatic carbocycles. The van der Waals surface area contributed by atoms with Gasteiger partial charge in [-0.2, -0.15) is 0 Å². The van der Waals surface area contributed by atoms with E-state index in [-0.39, 0.29) is 23.7 Å². The lowest BCUT2D eigenvalue weighted by molar-refractivity contribution is -0.122. The summed E-state index contributed by atoms with van der Waals surface area (Å²) in [7, 11) is 0. The highest BCUT2D eigenvalue weighted by Crippen LogP contribution is 2.35. The SMILES string of the molecule is CC(=O)N1CC(C)CN(C(=O)C2CC=CCC2)c2ccccc21. The first kappa shape index (κ1) is 15.8. The van der Waals surface area contributed by atoms with Gasteiger partial charge in [-0.25, -0.2) is 0 Å². The minimum atomic E-state index is 0.0270. The average Bonchev–Trinajstić information content (AvgIpc) is 2.72. The first-order valence-electron chi connectivity index (χ1n) is 8.41. The van der Waals surface area contributed by atoms with E-state index in [1.54, 1.807) is 11.8 Å². The molecule has 23 heavy (non-hydrogen) atoms. The summed E-state index contributed by atoms with van der Waals surface area (Å²) in [6, 6.07) is 7.76. The normalized spacial score (nSPS) is 24.1. The molecule has 1 heterocycles. The van der Waals surface area contributed by atoms with Crippen LogP contribution in [-0.4, -0.2) is 24.9 Å². The Balaban J connectivity index is 1.98. The molecule has 3 rings (SSSR count). The molecule has 4 nitrogen and oxygen atoms in total. The second-order valence-electron chi connectivity index (χ2n) is 6.65. The second kappa shape index (κ2) is 6.57. The fourth-order valence-corrected chi connectivity index (χ4v) is 3.54. The minimum absolute atomic E-state index is 0.0270. The van der Waals surface area contributed by atoms with Gasteiger partial charge in [0.15, 0.2) is 0 Å². The molecule has 0 saturated heterocycles. The van der Waals surface area contributed by atoms with Crippen molar-refractivity contribution in [2.75, 3.05) is 22.9 Å². The number of benzene rings is 1. The maximum absolute atomic E-state index is 13.1. The van der Waals surface area contributed by atoms with Crippen molar-refractivity contribution < 1.29 is 9.59 Å². The fourth-order valence-electron chi connectivity index (χ4n) is 3.54. The van der Waals surface area contributed by atoms with Crippen LogP contribution in [0.15, 0.2) is 36.4 Å². The van der Waals surface area contributed by atoms with Crippen molar-refractivity contribution in [1.82, 2.24) is 0 Å². The van der Waals surface area contributed by atoms with Crippen LogP contribution in [0.4, 0.5) is 11.4 Å². The van der Waals surface area contributed by atoms with Crippen molar-refractivity contribution in [2.24, 2.45) is 11.8 Å². The van der Waals surface area contributed by atoms with Crippen molar-refractivity contribution in [1.29, 1.82) is 0 Å². The highest BCUT2D eigenvalue weighted by Gasteiger charge is 2.32. The van der Waals surface area contributed by atoms with E-state index >= 15 is 0 Å². The zero-order valence-electron chi connectivity index (χ0n) is 13.9. The van der Waals surface area contributed by atoms with Crippen LogP contribution in [0.5, 0.6) is 0 Å². The van der Waals surface area contributed by atoms with Crippen molar-refractivity contribution in [3.05, 3.63) is 36.4 Å². The van der Waals surface area contributed by atoms with Gasteiger partial charge in [0, 0.05) is 25.9 Å². The van der Waals surface area contributed by atoms with Crippen LogP contribution in [-0.2, 0) is 9.59 Å². The number of hydrogen-bond acceptors (Lipinski definition) is 2. The Hall–Kier alpha value is -2.10. The smallest absolute Gasteiger partial charge is 0.230 e. The van der Waals surface area contributed by atoms with Gasteiger partial charge in [0.05, 0.1) is 11.4 Å². The highest BCUT2D eigenvalue weighted by atomic mass is 16.2. The molecule has 0 spiro atoms. The van der Waals surface area contributed by atoms with E-state index in [0.29, 0.717) is 13.1 Å². The molecule has 1 aliphatic carbocycles.